The van der Waals surface area contributed by atoms with E-state index in [9.17, 15) is 9.59 Å². The molecule has 2 amide bonds. The highest BCUT2D eigenvalue weighted by Crippen LogP contribution is 2.16. The van der Waals surface area contributed by atoms with Crippen LogP contribution in [0.5, 0.6) is 5.75 Å². The van der Waals surface area contributed by atoms with Crippen LogP contribution in [-0.2, 0) is 11.2 Å². The fraction of sp³-hybridized carbons (Fsp3) is 0.391. The van der Waals surface area contributed by atoms with Crippen molar-refractivity contribution in [2.45, 2.75) is 39.2 Å². The van der Waals surface area contributed by atoms with Crippen LogP contribution in [-0.4, -0.2) is 43.0 Å². The SMILES string of the molecule is COc1ccc(CC(=O)N2CCC(NC(=O)c3ccc(C)c(C)c3)CC2)cc1. The molecule has 148 valence electrons. The Morgan fingerprint density at radius 3 is 2.32 bits per heavy atom. The van der Waals surface area contributed by atoms with Crippen LogP contribution < -0.4 is 10.1 Å². The van der Waals surface area contributed by atoms with Gasteiger partial charge in [-0.25, -0.2) is 0 Å². The molecule has 0 aliphatic carbocycles. The highest BCUT2D eigenvalue weighted by Gasteiger charge is 2.24. The van der Waals surface area contributed by atoms with Gasteiger partial charge in [0.25, 0.3) is 5.91 Å². The van der Waals surface area contributed by atoms with Crippen LogP contribution in [0.15, 0.2) is 42.5 Å². The Morgan fingerprint density at radius 2 is 1.71 bits per heavy atom. The number of carbonyl (C=O) groups excluding carboxylic acids is 2. The van der Waals surface area contributed by atoms with E-state index >= 15 is 0 Å². The number of rotatable bonds is 5. The average Bonchev–Trinajstić information content (AvgIpc) is 2.71. The van der Waals surface area contributed by atoms with Gasteiger partial charge in [-0.05, 0) is 67.6 Å². The zero-order valence-corrected chi connectivity index (χ0v) is 16.8. The first-order valence-corrected chi connectivity index (χ1v) is 9.75. The minimum Gasteiger partial charge on any atom is -0.497 e. The maximum absolute atomic E-state index is 12.5. The van der Waals surface area contributed by atoms with Gasteiger partial charge in [0.15, 0.2) is 0 Å². The quantitative estimate of drug-likeness (QED) is 0.866. The van der Waals surface area contributed by atoms with E-state index in [-0.39, 0.29) is 17.9 Å². The largest absolute Gasteiger partial charge is 0.497 e. The first kappa shape index (κ1) is 19.9. The van der Waals surface area contributed by atoms with Crippen molar-refractivity contribution in [2.75, 3.05) is 20.2 Å². The van der Waals surface area contributed by atoms with Crippen LogP contribution in [0.4, 0.5) is 0 Å². The van der Waals surface area contributed by atoms with E-state index in [1.165, 1.54) is 5.56 Å². The fourth-order valence-electron chi connectivity index (χ4n) is 3.45. The number of methoxy groups -OCH3 is 1. The van der Waals surface area contributed by atoms with Crippen LogP contribution in [0, 0.1) is 13.8 Å². The van der Waals surface area contributed by atoms with Gasteiger partial charge in [-0.1, -0.05) is 18.2 Å². The van der Waals surface area contributed by atoms with E-state index in [2.05, 4.69) is 5.32 Å². The third-order valence-electron chi connectivity index (χ3n) is 5.47. The molecule has 5 heteroatoms. The zero-order chi connectivity index (χ0) is 20.1. The lowest BCUT2D eigenvalue weighted by molar-refractivity contribution is -0.131. The maximum atomic E-state index is 12.5. The Morgan fingerprint density at radius 1 is 1.04 bits per heavy atom. The summed E-state index contributed by atoms with van der Waals surface area (Å²) >= 11 is 0. The van der Waals surface area contributed by atoms with Gasteiger partial charge in [0.1, 0.15) is 5.75 Å². The lowest BCUT2D eigenvalue weighted by Gasteiger charge is -2.32. The Hall–Kier alpha value is -2.82. The summed E-state index contributed by atoms with van der Waals surface area (Å²) in [5, 5.41) is 3.11. The van der Waals surface area contributed by atoms with Crippen LogP contribution >= 0.6 is 0 Å². The molecule has 0 unspecified atom stereocenters. The predicted octanol–water partition coefficient (Wildman–Crippen LogP) is 3.28. The van der Waals surface area contributed by atoms with Crippen molar-refractivity contribution >= 4 is 11.8 Å². The molecule has 1 aliphatic rings. The van der Waals surface area contributed by atoms with E-state index < -0.39 is 0 Å². The summed E-state index contributed by atoms with van der Waals surface area (Å²) in [4.78, 5) is 26.9. The predicted molar refractivity (Wildman–Crippen MR) is 110 cm³/mol. The molecule has 0 bridgehead atoms. The van der Waals surface area contributed by atoms with E-state index in [4.69, 9.17) is 4.74 Å². The number of hydrogen-bond donors (Lipinski definition) is 1. The molecule has 3 rings (SSSR count). The van der Waals surface area contributed by atoms with Gasteiger partial charge in [-0.15, -0.1) is 0 Å². The summed E-state index contributed by atoms with van der Waals surface area (Å²) in [6.45, 7) is 5.40. The van der Waals surface area contributed by atoms with Crippen molar-refractivity contribution in [3.05, 3.63) is 64.7 Å². The third-order valence-corrected chi connectivity index (χ3v) is 5.47. The molecule has 1 aliphatic heterocycles. The molecule has 1 saturated heterocycles. The summed E-state index contributed by atoms with van der Waals surface area (Å²) in [5.41, 5.74) is 3.98. The summed E-state index contributed by atoms with van der Waals surface area (Å²) < 4.78 is 5.15. The molecule has 0 saturated carbocycles. The number of piperidine rings is 1. The van der Waals surface area contributed by atoms with E-state index in [0.29, 0.717) is 25.1 Å². The van der Waals surface area contributed by atoms with E-state index in [1.807, 2.05) is 61.2 Å². The summed E-state index contributed by atoms with van der Waals surface area (Å²) in [6, 6.07) is 13.5. The van der Waals surface area contributed by atoms with Crippen LogP contribution in [0.2, 0.25) is 0 Å². The van der Waals surface area contributed by atoms with E-state index in [0.717, 1.165) is 29.7 Å². The van der Waals surface area contributed by atoms with Crippen molar-refractivity contribution in [3.8, 4) is 5.75 Å². The van der Waals surface area contributed by atoms with Crippen molar-refractivity contribution in [1.82, 2.24) is 10.2 Å². The Balaban J connectivity index is 1.48. The maximum Gasteiger partial charge on any atom is 0.251 e. The smallest absolute Gasteiger partial charge is 0.251 e. The average molecular weight is 380 g/mol. The molecule has 2 aromatic rings. The molecule has 2 aromatic carbocycles. The third kappa shape index (κ3) is 4.91. The van der Waals surface area contributed by atoms with Gasteiger partial charge in [0.05, 0.1) is 13.5 Å². The lowest BCUT2D eigenvalue weighted by atomic mass is 10.0. The summed E-state index contributed by atoms with van der Waals surface area (Å²) in [5.74, 6) is 0.881. The van der Waals surface area contributed by atoms with Gasteiger partial charge < -0.3 is 15.0 Å². The molecule has 0 spiro atoms. The van der Waals surface area contributed by atoms with Crippen molar-refractivity contribution in [1.29, 1.82) is 0 Å². The molecular weight excluding hydrogens is 352 g/mol. The molecule has 1 fully saturated rings. The molecule has 1 heterocycles. The Bertz CT molecular complexity index is 837. The van der Waals surface area contributed by atoms with Crippen molar-refractivity contribution < 1.29 is 14.3 Å². The summed E-state index contributed by atoms with van der Waals surface area (Å²) in [7, 11) is 1.63. The second kappa shape index (κ2) is 8.91. The molecule has 5 nitrogen and oxygen atoms in total. The second-order valence-electron chi connectivity index (χ2n) is 7.45. The number of likely N-dealkylation sites (tertiary alicyclic amines) is 1. The molecule has 0 radical (unpaired) electrons. The highest BCUT2D eigenvalue weighted by molar-refractivity contribution is 5.94. The highest BCUT2D eigenvalue weighted by atomic mass is 16.5. The monoisotopic (exact) mass is 380 g/mol. The molecule has 0 atom stereocenters. The Labute approximate surface area is 166 Å². The van der Waals surface area contributed by atoms with Gasteiger partial charge in [0.2, 0.25) is 5.91 Å². The molecular formula is C23H28N2O3. The number of hydrogen-bond acceptors (Lipinski definition) is 3. The van der Waals surface area contributed by atoms with Crippen LogP contribution in [0.1, 0.15) is 39.9 Å². The second-order valence-corrected chi connectivity index (χ2v) is 7.45. The number of ether oxygens (including phenoxy) is 1. The molecule has 1 N–H and O–H groups in total. The number of aryl methyl sites for hydroxylation is 2. The summed E-state index contributed by atoms with van der Waals surface area (Å²) in [6.07, 6.45) is 1.96. The number of nitrogens with zero attached hydrogens (tertiary/aromatic N) is 1. The first-order valence-electron chi connectivity index (χ1n) is 9.75. The number of carbonyl (C=O) groups is 2. The normalized spacial score (nSPS) is 14.6. The van der Waals surface area contributed by atoms with Crippen molar-refractivity contribution in [2.24, 2.45) is 0 Å². The van der Waals surface area contributed by atoms with Gasteiger partial charge in [-0.2, -0.15) is 0 Å². The molecule has 0 aromatic heterocycles. The van der Waals surface area contributed by atoms with E-state index in [1.54, 1.807) is 7.11 Å². The fourth-order valence-corrected chi connectivity index (χ4v) is 3.45. The van der Waals surface area contributed by atoms with Gasteiger partial charge >= 0.3 is 0 Å². The first-order chi connectivity index (χ1) is 13.5. The number of benzene rings is 2. The minimum atomic E-state index is -0.0360. The standard InChI is InChI=1S/C23H28N2O3/c1-16-4-7-19(14-17(16)2)23(27)24-20-10-12-25(13-11-20)22(26)15-18-5-8-21(28-3)9-6-18/h4-9,14,20H,10-13,15H2,1-3H3,(H,24,27). The van der Waals surface area contributed by atoms with Gasteiger partial charge in [-0.3, -0.25) is 9.59 Å². The van der Waals surface area contributed by atoms with Gasteiger partial charge in [0, 0.05) is 24.7 Å². The zero-order valence-electron chi connectivity index (χ0n) is 16.8. The van der Waals surface area contributed by atoms with Crippen LogP contribution in [0.3, 0.4) is 0 Å². The van der Waals surface area contributed by atoms with Crippen LogP contribution in [0.25, 0.3) is 0 Å². The topological polar surface area (TPSA) is 58.6 Å². The minimum absolute atomic E-state index is 0.0360. The Kier molecular flexibility index (Phi) is 6.34. The number of nitrogens with one attached hydrogen (secondary N) is 1. The lowest BCUT2D eigenvalue weighted by Crippen LogP contribution is -2.47. The number of amides is 2. The van der Waals surface area contributed by atoms with Crippen molar-refractivity contribution in [3.63, 3.8) is 0 Å². The molecule has 28 heavy (non-hydrogen) atoms.